The van der Waals surface area contributed by atoms with E-state index in [4.69, 9.17) is 0 Å². The molecule has 0 amide bonds. The molecule has 1 N–H and O–H groups in total. The van der Waals surface area contributed by atoms with Crippen LogP contribution in [0.15, 0.2) is 24.3 Å². The van der Waals surface area contributed by atoms with E-state index in [2.05, 4.69) is 28.1 Å². The molecule has 0 saturated carbocycles. The van der Waals surface area contributed by atoms with Gasteiger partial charge in [0.2, 0.25) is 0 Å². The predicted molar refractivity (Wildman–Crippen MR) is 47.8 cm³/mol. The van der Waals surface area contributed by atoms with Crippen molar-refractivity contribution in [2.24, 2.45) is 0 Å². The maximum atomic E-state index is 9.47. The van der Waals surface area contributed by atoms with Crippen LogP contribution in [0, 0.1) is 0 Å². The van der Waals surface area contributed by atoms with Crippen LogP contribution in [0.2, 0.25) is 0 Å². The van der Waals surface area contributed by atoms with E-state index in [1.807, 2.05) is 12.1 Å². The van der Waals surface area contributed by atoms with Gasteiger partial charge in [-0.25, -0.2) is 0 Å². The summed E-state index contributed by atoms with van der Waals surface area (Å²) in [5, 5.41) is 9.47. The lowest BCUT2D eigenvalue weighted by molar-refractivity contribution is 0.186. The lowest BCUT2D eigenvalue weighted by Gasteiger charge is -2.05. The third-order valence-electron chi connectivity index (χ3n) is 2.12. The highest BCUT2D eigenvalue weighted by atomic mass is 79.9. The fourth-order valence-corrected chi connectivity index (χ4v) is 2.16. The molecule has 0 aliphatic heterocycles. The first kappa shape index (κ1) is 7.32. The van der Waals surface area contributed by atoms with E-state index in [0.717, 1.165) is 6.42 Å². The summed E-state index contributed by atoms with van der Waals surface area (Å²) in [5.41, 5.74) is 2.50. The molecule has 0 saturated heterocycles. The Morgan fingerprint density at radius 2 is 2.09 bits per heavy atom. The van der Waals surface area contributed by atoms with Crippen molar-refractivity contribution < 1.29 is 5.11 Å². The Morgan fingerprint density at radius 1 is 1.36 bits per heavy atom. The van der Waals surface area contributed by atoms with E-state index in [1.165, 1.54) is 11.1 Å². The quantitative estimate of drug-likeness (QED) is 0.654. The average molecular weight is 213 g/mol. The molecule has 2 atom stereocenters. The molecule has 1 aliphatic carbocycles. The number of fused-ring (bicyclic) bond motifs is 1. The van der Waals surface area contributed by atoms with Crippen molar-refractivity contribution in [3.63, 3.8) is 0 Å². The number of benzene rings is 1. The van der Waals surface area contributed by atoms with Crippen LogP contribution in [0.4, 0.5) is 0 Å². The van der Waals surface area contributed by atoms with Crippen molar-refractivity contribution in [3.05, 3.63) is 35.4 Å². The molecule has 2 heteroatoms. The molecule has 1 aromatic rings. The summed E-state index contributed by atoms with van der Waals surface area (Å²) in [6, 6.07) is 8.15. The van der Waals surface area contributed by atoms with Crippen LogP contribution in [0.1, 0.15) is 16.0 Å². The number of aliphatic hydroxyl groups is 1. The zero-order valence-corrected chi connectivity index (χ0v) is 7.58. The predicted octanol–water partition coefficient (Wildman–Crippen LogP) is 2.04. The Balaban J connectivity index is 2.47. The van der Waals surface area contributed by atoms with E-state index < -0.39 is 0 Å². The van der Waals surface area contributed by atoms with Gasteiger partial charge in [-0.2, -0.15) is 0 Å². The molecule has 0 spiro atoms. The van der Waals surface area contributed by atoms with Crippen molar-refractivity contribution in [2.75, 3.05) is 0 Å². The first-order chi connectivity index (χ1) is 5.29. The fourth-order valence-electron chi connectivity index (χ4n) is 1.53. The van der Waals surface area contributed by atoms with Gasteiger partial charge in [0.25, 0.3) is 0 Å². The van der Waals surface area contributed by atoms with E-state index in [0.29, 0.717) is 0 Å². The summed E-state index contributed by atoms with van der Waals surface area (Å²) in [4.78, 5) is 0.138. The zero-order chi connectivity index (χ0) is 7.84. The monoisotopic (exact) mass is 212 g/mol. The van der Waals surface area contributed by atoms with Gasteiger partial charge >= 0.3 is 0 Å². The van der Waals surface area contributed by atoms with Gasteiger partial charge in [0.05, 0.1) is 10.9 Å². The third-order valence-corrected chi connectivity index (χ3v) is 3.22. The van der Waals surface area contributed by atoms with Gasteiger partial charge in [-0.1, -0.05) is 40.2 Å². The smallest absolute Gasteiger partial charge is 0.0746 e. The Kier molecular flexibility index (Phi) is 1.74. The normalized spacial score (nSPS) is 28.5. The molecule has 1 aliphatic rings. The molecule has 1 aromatic carbocycles. The number of rotatable bonds is 0. The lowest BCUT2D eigenvalue weighted by atomic mass is 10.1. The van der Waals surface area contributed by atoms with Crippen LogP contribution in [-0.4, -0.2) is 11.2 Å². The second-order valence-corrected chi connectivity index (χ2v) is 3.86. The summed E-state index contributed by atoms with van der Waals surface area (Å²) in [7, 11) is 0. The van der Waals surface area contributed by atoms with E-state index in [-0.39, 0.29) is 10.9 Å². The molecular formula is C9H9BrO. The Labute approximate surface area is 74.2 Å². The average Bonchev–Trinajstić information content (AvgIpc) is 2.30. The molecule has 0 radical (unpaired) electrons. The van der Waals surface area contributed by atoms with Crippen LogP contribution in [0.3, 0.4) is 0 Å². The highest BCUT2D eigenvalue weighted by Gasteiger charge is 2.27. The highest BCUT2D eigenvalue weighted by Crippen LogP contribution is 2.37. The second kappa shape index (κ2) is 2.61. The molecule has 2 rings (SSSR count). The molecule has 0 bridgehead atoms. The SMILES string of the molecule is O[C@@H]1Cc2ccccc2[C@H]1Br. The van der Waals surface area contributed by atoms with Crippen LogP contribution in [-0.2, 0) is 6.42 Å². The minimum atomic E-state index is -0.243. The number of alkyl halides is 1. The molecule has 0 aromatic heterocycles. The summed E-state index contributed by atoms with van der Waals surface area (Å²) in [5.74, 6) is 0. The zero-order valence-electron chi connectivity index (χ0n) is 6.00. The van der Waals surface area contributed by atoms with Crippen LogP contribution < -0.4 is 0 Å². The summed E-state index contributed by atoms with van der Waals surface area (Å²) in [6.07, 6.45) is 0.541. The molecule has 0 heterocycles. The molecule has 0 fully saturated rings. The molecule has 11 heavy (non-hydrogen) atoms. The Hall–Kier alpha value is -0.340. The first-order valence-corrected chi connectivity index (χ1v) is 4.60. The van der Waals surface area contributed by atoms with Crippen molar-refractivity contribution in [3.8, 4) is 0 Å². The number of hydrogen-bond acceptors (Lipinski definition) is 1. The Morgan fingerprint density at radius 3 is 2.82 bits per heavy atom. The van der Waals surface area contributed by atoms with Gasteiger partial charge in [-0.05, 0) is 11.1 Å². The maximum absolute atomic E-state index is 9.47. The van der Waals surface area contributed by atoms with Crippen molar-refractivity contribution >= 4 is 15.9 Å². The highest BCUT2D eigenvalue weighted by molar-refractivity contribution is 9.09. The van der Waals surface area contributed by atoms with Crippen LogP contribution >= 0.6 is 15.9 Å². The number of halogens is 1. The summed E-state index contributed by atoms with van der Waals surface area (Å²) < 4.78 is 0. The van der Waals surface area contributed by atoms with Crippen molar-refractivity contribution in [2.45, 2.75) is 17.4 Å². The van der Waals surface area contributed by atoms with Gasteiger partial charge in [0.1, 0.15) is 0 Å². The van der Waals surface area contributed by atoms with Crippen molar-refractivity contribution in [1.29, 1.82) is 0 Å². The number of hydrogen-bond donors (Lipinski definition) is 1. The lowest BCUT2D eigenvalue weighted by Crippen LogP contribution is -2.06. The molecular weight excluding hydrogens is 204 g/mol. The van der Waals surface area contributed by atoms with E-state index in [1.54, 1.807) is 0 Å². The second-order valence-electron chi connectivity index (χ2n) is 2.87. The van der Waals surface area contributed by atoms with Crippen LogP contribution in [0.5, 0.6) is 0 Å². The summed E-state index contributed by atoms with van der Waals surface area (Å²) >= 11 is 3.45. The van der Waals surface area contributed by atoms with Gasteiger partial charge in [-0.3, -0.25) is 0 Å². The van der Waals surface area contributed by atoms with Crippen molar-refractivity contribution in [1.82, 2.24) is 0 Å². The fraction of sp³-hybridized carbons (Fsp3) is 0.333. The van der Waals surface area contributed by atoms with Gasteiger partial charge in [0.15, 0.2) is 0 Å². The third kappa shape index (κ3) is 1.10. The molecule has 0 unspecified atom stereocenters. The van der Waals surface area contributed by atoms with Gasteiger partial charge in [0, 0.05) is 6.42 Å². The van der Waals surface area contributed by atoms with E-state index >= 15 is 0 Å². The van der Waals surface area contributed by atoms with Gasteiger partial charge < -0.3 is 5.11 Å². The standard InChI is InChI=1S/C9H9BrO/c10-9-7-4-2-1-3-6(7)5-8(9)11/h1-4,8-9,11H,5H2/t8-,9-/m1/s1. The van der Waals surface area contributed by atoms with Gasteiger partial charge in [-0.15, -0.1) is 0 Å². The topological polar surface area (TPSA) is 20.2 Å². The minimum absolute atomic E-state index is 0.138. The summed E-state index contributed by atoms with van der Waals surface area (Å²) in [6.45, 7) is 0. The first-order valence-electron chi connectivity index (χ1n) is 3.69. The van der Waals surface area contributed by atoms with Crippen LogP contribution in [0.25, 0.3) is 0 Å². The number of aliphatic hydroxyl groups excluding tert-OH is 1. The largest absolute Gasteiger partial charge is 0.391 e. The minimum Gasteiger partial charge on any atom is -0.391 e. The van der Waals surface area contributed by atoms with E-state index in [9.17, 15) is 5.11 Å². The molecule has 58 valence electrons. The molecule has 1 nitrogen and oxygen atoms in total. The Bertz CT molecular complexity index is 272. The maximum Gasteiger partial charge on any atom is 0.0746 e.